The molecule has 0 heterocycles. The van der Waals surface area contributed by atoms with Crippen LogP contribution in [0.4, 0.5) is 5.69 Å². The van der Waals surface area contributed by atoms with Crippen LogP contribution in [0, 0.1) is 0 Å². The van der Waals surface area contributed by atoms with Crippen LogP contribution < -0.4 is 10.6 Å². The molecule has 0 unspecified atom stereocenters. The molecule has 29 heavy (non-hydrogen) atoms. The monoisotopic (exact) mass is 418 g/mol. The third-order valence-electron chi connectivity index (χ3n) is 4.04. The summed E-state index contributed by atoms with van der Waals surface area (Å²) in [5, 5.41) is 5.08. The summed E-state index contributed by atoms with van der Waals surface area (Å²) in [6.45, 7) is 1.37. The van der Waals surface area contributed by atoms with Gasteiger partial charge in [-0.25, -0.2) is 13.2 Å². The molecular formula is C20H22N2O6S. The van der Waals surface area contributed by atoms with Gasteiger partial charge in [0.15, 0.2) is 9.84 Å². The second-order valence-corrected chi connectivity index (χ2v) is 8.34. The number of anilines is 1. The summed E-state index contributed by atoms with van der Waals surface area (Å²) >= 11 is 0. The van der Waals surface area contributed by atoms with E-state index in [1.165, 1.54) is 31.2 Å². The first-order valence-corrected chi connectivity index (χ1v) is 10.4. The van der Waals surface area contributed by atoms with Crippen LogP contribution in [0.15, 0.2) is 59.5 Å². The maximum absolute atomic E-state index is 12.4. The number of amides is 2. The molecule has 2 N–H and O–H groups in total. The Labute approximate surface area is 169 Å². The summed E-state index contributed by atoms with van der Waals surface area (Å²) in [4.78, 5) is 35.7. The number of carbonyl (C=O) groups is 3. The van der Waals surface area contributed by atoms with Crippen molar-refractivity contribution in [3.63, 3.8) is 0 Å². The standard InChI is InChI=1S/C20H22N2O6S/c1-14(23)21-16-10-8-15(9-11-16)19(24)22-18(20(25)28-2)12-13-29(26,27)17-6-4-3-5-7-17/h3-11,18H,12-13H2,1-2H3,(H,21,23)(H,22,24)/t18-/m0/s1. The maximum Gasteiger partial charge on any atom is 0.328 e. The topological polar surface area (TPSA) is 119 Å². The highest BCUT2D eigenvalue weighted by atomic mass is 32.2. The third-order valence-corrected chi connectivity index (χ3v) is 5.80. The number of esters is 1. The summed E-state index contributed by atoms with van der Waals surface area (Å²) < 4.78 is 29.5. The van der Waals surface area contributed by atoms with E-state index < -0.39 is 27.8 Å². The fourth-order valence-electron chi connectivity index (χ4n) is 2.56. The van der Waals surface area contributed by atoms with Gasteiger partial charge in [0.1, 0.15) is 6.04 Å². The minimum Gasteiger partial charge on any atom is -0.467 e. The Morgan fingerprint density at radius 1 is 1.00 bits per heavy atom. The van der Waals surface area contributed by atoms with Crippen LogP contribution in [-0.2, 0) is 24.2 Å². The Bertz CT molecular complexity index is 972. The Balaban J connectivity index is 2.07. The molecule has 0 aromatic heterocycles. The van der Waals surface area contributed by atoms with Crippen molar-refractivity contribution < 1.29 is 27.5 Å². The second-order valence-electron chi connectivity index (χ2n) is 6.23. The molecule has 2 aromatic carbocycles. The number of hydrogen-bond donors (Lipinski definition) is 2. The van der Waals surface area contributed by atoms with E-state index in [0.717, 1.165) is 7.11 Å². The first-order valence-electron chi connectivity index (χ1n) is 8.77. The largest absolute Gasteiger partial charge is 0.467 e. The Kier molecular flexibility index (Phi) is 7.49. The molecule has 8 nitrogen and oxygen atoms in total. The van der Waals surface area contributed by atoms with Crippen molar-refractivity contribution >= 4 is 33.3 Å². The second kappa shape index (κ2) is 9.83. The van der Waals surface area contributed by atoms with E-state index >= 15 is 0 Å². The number of hydrogen-bond acceptors (Lipinski definition) is 6. The lowest BCUT2D eigenvalue weighted by molar-refractivity contribution is -0.142. The lowest BCUT2D eigenvalue weighted by Crippen LogP contribution is -2.42. The molecular weight excluding hydrogens is 396 g/mol. The molecule has 2 aromatic rings. The molecule has 0 saturated carbocycles. The predicted molar refractivity (Wildman–Crippen MR) is 107 cm³/mol. The van der Waals surface area contributed by atoms with E-state index in [2.05, 4.69) is 15.4 Å². The number of methoxy groups -OCH3 is 1. The Morgan fingerprint density at radius 3 is 2.17 bits per heavy atom. The van der Waals surface area contributed by atoms with E-state index in [1.54, 1.807) is 30.3 Å². The van der Waals surface area contributed by atoms with Crippen LogP contribution in [-0.4, -0.2) is 45.1 Å². The summed E-state index contributed by atoms with van der Waals surface area (Å²) in [7, 11) is -2.45. The zero-order valence-corrected chi connectivity index (χ0v) is 16.9. The quantitative estimate of drug-likeness (QED) is 0.631. The van der Waals surface area contributed by atoms with Gasteiger partial charge in [-0.15, -0.1) is 0 Å². The Hall–Kier alpha value is -3.20. The summed E-state index contributed by atoms with van der Waals surface area (Å²) in [5.74, 6) is -1.88. The third kappa shape index (κ3) is 6.42. The normalized spacial score (nSPS) is 11.9. The zero-order chi connectivity index (χ0) is 21.4. The lowest BCUT2D eigenvalue weighted by Gasteiger charge is -2.17. The number of rotatable bonds is 8. The molecule has 9 heteroatoms. The summed E-state index contributed by atoms with van der Waals surface area (Å²) in [6, 6.07) is 12.8. The highest BCUT2D eigenvalue weighted by molar-refractivity contribution is 7.91. The fourth-order valence-corrected chi connectivity index (χ4v) is 3.91. The summed E-state index contributed by atoms with van der Waals surface area (Å²) in [5.41, 5.74) is 0.770. The van der Waals surface area contributed by atoms with Crippen LogP contribution in [0.5, 0.6) is 0 Å². The van der Waals surface area contributed by atoms with Gasteiger partial charge in [0.05, 0.1) is 17.8 Å². The summed E-state index contributed by atoms with van der Waals surface area (Å²) in [6.07, 6.45) is -0.139. The van der Waals surface area contributed by atoms with Crippen molar-refractivity contribution in [2.45, 2.75) is 24.3 Å². The molecule has 154 valence electrons. The first-order chi connectivity index (χ1) is 13.7. The van der Waals surface area contributed by atoms with Gasteiger partial charge in [0.25, 0.3) is 5.91 Å². The van der Waals surface area contributed by atoms with Crippen molar-refractivity contribution in [3.05, 3.63) is 60.2 Å². The van der Waals surface area contributed by atoms with Crippen molar-refractivity contribution in [2.24, 2.45) is 0 Å². The lowest BCUT2D eigenvalue weighted by atomic mass is 10.1. The van der Waals surface area contributed by atoms with Crippen LogP contribution in [0.1, 0.15) is 23.7 Å². The minimum atomic E-state index is -3.61. The van der Waals surface area contributed by atoms with E-state index in [9.17, 15) is 22.8 Å². The average Bonchev–Trinajstić information content (AvgIpc) is 2.71. The number of nitrogens with one attached hydrogen (secondary N) is 2. The van der Waals surface area contributed by atoms with Gasteiger partial charge in [-0.05, 0) is 42.8 Å². The number of sulfone groups is 1. The van der Waals surface area contributed by atoms with Gasteiger partial charge in [0.2, 0.25) is 5.91 Å². The van der Waals surface area contributed by atoms with Crippen LogP contribution in [0.3, 0.4) is 0 Å². The average molecular weight is 418 g/mol. The van der Waals surface area contributed by atoms with E-state index in [-0.39, 0.29) is 28.5 Å². The van der Waals surface area contributed by atoms with Crippen molar-refractivity contribution in [2.75, 3.05) is 18.2 Å². The van der Waals surface area contributed by atoms with E-state index in [4.69, 9.17) is 0 Å². The molecule has 2 rings (SSSR count). The molecule has 0 bridgehead atoms. The molecule has 0 aliphatic heterocycles. The van der Waals surface area contributed by atoms with Gasteiger partial charge < -0.3 is 15.4 Å². The molecule has 1 atom stereocenters. The van der Waals surface area contributed by atoms with E-state index in [0.29, 0.717) is 5.69 Å². The van der Waals surface area contributed by atoms with Gasteiger partial charge in [-0.2, -0.15) is 0 Å². The Morgan fingerprint density at radius 2 is 1.62 bits per heavy atom. The predicted octanol–water partition coefficient (Wildman–Crippen LogP) is 1.78. The van der Waals surface area contributed by atoms with Crippen LogP contribution in [0.25, 0.3) is 0 Å². The van der Waals surface area contributed by atoms with Crippen molar-refractivity contribution in [1.82, 2.24) is 5.32 Å². The van der Waals surface area contributed by atoms with Gasteiger partial charge in [-0.1, -0.05) is 18.2 Å². The van der Waals surface area contributed by atoms with Gasteiger partial charge in [-0.3, -0.25) is 9.59 Å². The smallest absolute Gasteiger partial charge is 0.328 e. The molecule has 0 fully saturated rings. The molecule has 0 radical (unpaired) electrons. The number of ether oxygens (including phenoxy) is 1. The highest BCUT2D eigenvalue weighted by Gasteiger charge is 2.25. The molecule has 2 amide bonds. The van der Waals surface area contributed by atoms with Gasteiger partial charge >= 0.3 is 5.97 Å². The zero-order valence-electron chi connectivity index (χ0n) is 16.0. The number of carbonyl (C=O) groups excluding carboxylic acids is 3. The molecule has 0 saturated heterocycles. The minimum absolute atomic E-state index is 0.139. The fraction of sp³-hybridized carbons (Fsp3) is 0.250. The maximum atomic E-state index is 12.4. The molecule has 0 aliphatic rings. The SMILES string of the molecule is COC(=O)[C@H](CCS(=O)(=O)c1ccccc1)NC(=O)c1ccc(NC(C)=O)cc1. The number of benzene rings is 2. The van der Waals surface area contributed by atoms with E-state index in [1.807, 2.05) is 0 Å². The van der Waals surface area contributed by atoms with Crippen LogP contribution in [0.2, 0.25) is 0 Å². The van der Waals surface area contributed by atoms with Gasteiger partial charge in [0, 0.05) is 18.2 Å². The van der Waals surface area contributed by atoms with Crippen molar-refractivity contribution in [3.8, 4) is 0 Å². The first kappa shape index (κ1) is 22.1. The molecule has 0 spiro atoms. The van der Waals surface area contributed by atoms with Crippen molar-refractivity contribution in [1.29, 1.82) is 0 Å². The van der Waals surface area contributed by atoms with Crippen LogP contribution >= 0.6 is 0 Å². The highest BCUT2D eigenvalue weighted by Crippen LogP contribution is 2.14. The molecule has 0 aliphatic carbocycles.